The Kier molecular flexibility index (Phi) is 6.12. The first-order valence-electron chi connectivity index (χ1n) is 10.6. The number of nitro benzene ring substituents is 1. The number of furan rings is 1. The number of rotatable bonds is 4. The Morgan fingerprint density at radius 3 is 2.47 bits per heavy atom. The zero-order valence-electron chi connectivity index (χ0n) is 17.9. The molecule has 1 fully saturated rings. The van der Waals surface area contributed by atoms with Gasteiger partial charge in [-0.1, -0.05) is 29.8 Å². The van der Waals surface area contributed by atoms with Crippen molar-refractivity contribution < 1.29 is 14.1 Å². The molecule has 1 saturated heterocycles. The monoisotopic (exact) mass is 494 g/mol. The van der Waals surface area contributed by atoms with Crippen LogP contribution >= 0.6 is 23.4 Å². The first kappa shape index (κ1) is 22.2. The van der Waals surface area contributed by atoms with Gasteiger partial charge in [-0.15, -0.1) is 0 Å². The molecule has 10 heteroatoms. The van der Waals surface area contributed by atoms with Gasteiger partial charge in [-0.2, -0.15) is 4.99 Å². The third-order valence-corrected chi connectivity index (χ3v) is 6.97. The minimum atomic E-state index is -0.504. The highest BCUT2D eigenvalue weighted by Gasteiger charge is 2.29. The SMILES string of the molecule is O=C1N=C(N2CCN(c3ccccc3)CC2)SC1=Cc1ccc(-c2ccc([N+](=O)[O-])cc2Cl)o1. The molecule has 34 heavy (non-hydrogen) atoms. The number of benzene rings is 2. The predicted molar refractivity (Wildman–Crippen MR) is 134 cm³/mol. The maximum absolute atomic E-state index is 12.5. The summed E-state index contributed by atoms with van der Waals surface area (Å²) in [5.41, 5.74) is 1.64. The fourth-order valence-electron chi connectivity index (χ4n) is 3.85. The van der Waals surface area contributed by atoms with Gasteiger partial charge >= 0.3 is 0 Å². The van der Waals surface area contributed by atoms with Gasteiger partial charge in [-0.05, 0) is 42.1 Å². The van der Waals surface area contributed by atoms with E-state index in [4.69, 9.17) is 16.0 Å². The molecule has 0 radical (unpaired) electrons. The summed E-state index contributed by atoms with van der Waals surface area (Å²) in [6, 6.07) is 17.9. The van der Waals surface area contributed by atoms with E-state index in [0.717, 1.165) is 26.2 Å². The first-order chi connectivity index (χ1) is 16.5. The highest BCUT2D eigenvalue weighted by molar-refractivity contribution is 8.18. The topological polar surface area (TPSA) is 92.2 Å². The first-order valence-corrected chi connectivity index (χ1v) is 11.8. The summed E-state index contributed by atoms with van der Waals surface area (Å²) >= 11 is 7.54. The lowest BCUT2D eigenvalue weighted by molar-refractivity contribution is -0.384. The quantitative estimate of drug-likeness (QED) is 0.276. The number of non-ortho nitro benzene ring substituents is 1. The van der Waals surface area contributed by atoms with Crippen LogP contribution in [0.25, 0.3) is 17.4 Å². The molecule has 2 aliphatic rings. The summed E-state index contributed by atoms with van der Waals surface area (Å²) < 4.78 is 5.84. The van der Waals surface area contributed by atoms with Crippen molar-refractivity contribution in [2.24, 2.45) is 4.99 Å². The standard InChI is InChI=1S/C24H19ClN4O4S/c25-20-14-17(29(31)32)6-8-19(20)21-9-7-18(33-21)15-22-23(30)26-24(34-22)28-12-10-27(11-13-28)16-4-2-1-3-5-16/h1-9,14-15H,10-13H2. The number of nitrogens with zero attached hydrogens (tertiary/aromatic N) is 4. The van der Waals surface area contributed by atoms with Crippen LogP contribution in [0.4, 0.5) is 11.4 Å². The van der Waals surface area contributed by atoms with Crippen LogP contribution in [0.5, 0.6) is 0 Å². The van der Waals surface area contributed by atoms with E-state index in [-0.39, 0.29) is 16.6 Å². The van der Waals surface area contributed by atoms with E-state index in [2.05, 4.69) is 26.9 Å². The third-order valence-electron chi connectivity index (χ3n) is 5.61. The Labute approximate surface area is 204 Å². The molecular formula is C24H19ClN4O4S. The van der Waals surface area contributed by atoms with Crippen molar-refractivity contribution in [1.82, 2.24) is 4.90 Å². The molecule has 0 aliphatic carbocycles. The fraction of sp³-hybridized carbons (Fsp3) is 0.167. The number of nitro groups is 1. The third kappa shape index (κ3) is 4.57. The number of hydrogen-bond acceptors (Lipinski definition) is 7. The molecule has 0 unspecified atom stereocenters. The molecule has 3 aromatic rings. The van der Waals surface area contributed by atoms with Gasteiger partial charge in [-0.25, -0.2) is 0 Å². The number of amidine groups is 1. The molecule has 2 aliphatic heterocycles. The van der Waals surface area contributed by atoms with E-state index in [1.54, 1.807) is 24.3 Å². The molecule has 3 heterocycles. The van der Waals surface area contributed by atoms with Crippen molar-refractivity contribution in [1.29, 1.82) is 0 Å². The molecule has 8 nitrogen and oxygen atoms in total. The number of halogens is 1. The summed E-state index contributed by atoms with van der Waals surface area (Å²) in [6.45, 7) is 3.28. The summed E-state index contributed by atoms with van der Waals surface area (Å²) in [6.07, 6.45) is 1.66. The van der Waals surface area contributed by atoms with Gasteiger partial charge in [0.2, 0.25) is 0 Å². The lowest BCUT2D eigenvalue weighted by Gasteiger charge is -2.36. The van der Waals surface area contributed by atoms with Gasteiger partial charge < -0.3 is 14.2 Å². The van der Waals surface area contributed by atoms with Gasteiger partial charge in [0.05, 0.1) is 14.9 Å². The Hall–Kier alpha value is -3.56. The molecular weight excluding hydrogens is 476 g/mol. The van der Waals surface area contributed by atoms with Crippen molar-refractivity contribution in [3.05, 3.63) is 86.5 Å². The van der Waals surface area contributed by atoms with Crippen LogP contribution in [-0.2, 0) is 4.79 Å². The van der Waals surface area contributed by atoms with Gasteiger partial charge in [0.15, 0.2) is 5.17 Å². The number of carbonyl (C=O) groups excluding carboxylic acids is 1. The van der Waals surface area contributed by atoms with Crippen molar-refractivity contribution >= 4 is 51.9 Å². The summed E-state index contributed by atoms with van der Waals surface area (Å²) in [4.78, 5) is 32.1. The number of hydrogen-bond donors (Lipinski definition) is 0. The second-order valence-electron chi connectivity index (χ2n) is 7.74. The average molecular weight is 495 g/mol. The average Bonchev–Trinajstić information content (AvgIpc) is 3.46. The lowest BCUT2D eigenvalue weighted by atomic mass is 10.1. The molecule has 1 amide bonds. The highest BCUT2D eigenvalue weighted by atomic mass is 35.5. The van der Waals surface area contributed by atoms with Gasteiger partial charge in [-0.3, -0.25) is 14.9 Å². The van der Waals surface area contributed by atoms with E-state index in [9.17, 15) is 14.9 Å². The highest BCUT2D eigenvalue weighted by Crippen LogP contribution is 2.35. The molecule has 0 spiro atoms. The van der Waals surface area contributed by atoms with Crippen LogP contribution < -0.4 is 4.90 Å². The van der Waals surface area contributed by atoms with Crippen molar-refractivity contribution in [2.45, 2.75) is 0 Å². The van der Waals surface area contributed by atoms with Crippen LogP contribution in [0.15, 0.2) is 75.0 Å². The van der Waals surface area contributed by atoms with Gasteiger partial charge in [0.25, 0.3) is 11.6 Å². The number of anilines is 1. The Morgan fingerprint density at radius 1 is 1.03 bits per heavy atom. The lowest BCUT2D eigenvalue weighted by Crippen LogP contribution is -2.47. The van der Waals surface area contributed by atoms with Crippen LogP contribution in [-0.4, -0.2) is 47.1 Å². The Balaban J connectivity index is 1.25. The van der Waals surface area contributed by atoms with Crippen molar-refractivity contribution in [3.8, 4) is 11.3 Å². The molecule has 1 aromatic heterocycles. The normalized spacial score (nSPS) is 17.4. The van der Waals surface area contributed by atoms with E-state index < -0.39 is 4.92 Å². The largest absolute Gasteiger partial charge is 0.457 e. The summed E-state index contributed by atoms with van der Waals surface area (Å²) in [5.74, 6) is 0.641. The van der Waals surface area contributed by atoms with E-state index in [0.29, 0.717) is 27.2 Å². The maximum atomic E-state index is 12.5. The van der Waals surface area contributed by atoms with Crippen LogP contribution in [0.2, 0.25) is 5.02 Å². The zero-order valence-corrected chi connectivity index (χ0v) is 19.5. The Morgan fingerprint density at radius 2 is 1.76 bits per heavy atom. The molecule has 5 rings (SSSR count). The molecule has 0 atom stereocenters. The fourth-order valence-corrected chi connectivity index (χ4v) is 5.06. The second kappa shape index (κ2) is 9.36. The van der Waals surface area contributed by atoms with Crippen LogP contribution in [0, 0.1) is 10.1 Å². The molecule has 0 bridgehead atoms. The number of amides is 1. The van der Waals surface area contributed by atoms with Gasteiger partial charge in [0, 0.05) is 55.6 Å². The van der Waals surface area contributed by atoms with Crippen molar-refractivity contribution in [2.75, 3.05) is 31.1 Å². The Bertz CT molecular complexity index is 1310. The minimum absolute atomic E-state index is 0.0927. The second-order valence-corrected chi connectivity index (χ2v) is 9.16. The number of piperazine rings is 1. The van der Waals surface area contributed by atoms with Crippen LogP contribution in [0.1, 0.15) is 5.76 Å². The number of carbonyl (C=O) groups is 1. The minimum Gasteiger partial charge on any atom is -0.457 e. The smallest absolute Gasteiger partial charge is 0.286 e. The van der Waals surface area contributed by atoms with Crippen LogP contribution in [0.3, 0.4) is 0 Å². The maximum Gasteiger partial charge on any atom is 0.286 e. The summed E-state index contributed by atoms with van der Waals surface area (Å²) in [5, 5.41) is 11.8. The number of aliphatic imine (C=N–C) groups is 1. The van der Waals surface area contributed by atoms with E-state index >= 15 is 0 Å². The molecule has 172 valence electrons. The zero-order chi connectivity index (χ0) is 23.7. The number of thioether (sulfide) groups is 1. The van der Waals surface area contributed by atoms with Gasteiger partial charge in [0.1, 0.15) is 11.5 Å². The van der Waals surface area contributed by atoms with E-state index in [1.807, 2.05) is 18.2 Å². The number of para-hydroxylation sites is 1. The molecule has 0 saturated carbocycles. The molecule has 0 N–H and O–H groups in total. The molecule has 2 aromatic carbocycles. The summed E-state index contributed by atoms with van der Waals surface area (Å²) in [7, 11) is 0. The van der Waals surface area contributed by atoms with Crippen molar-refractivity contribution in [3.63, 3.8) is 0 Å². The van der Waals surface area contributed by atoms with E-state index in [1.165, 1.54) is 29.6 Å². The predicted octanol–water partition coefficient (Wildman–Crippen LogP) is 5.30.